The van der Waals surface area contributed by atoms with Gasteiger partial charge in [-0.25, -0.2) is 9.97 Å². The van der Waals surface area contributed by atoms with Crippen LogP contribution in [0.1, 0.15) is 11.3 Å². The number of carbonyl (C=O) groups excluding carboxylic acids is 1. The fourth-order valence-corrected chi connectivity index (χ4v) is 5.30. The smallest absolute Gasteiger partial charge is 0.269 e. The maximum Gasteiger partial charge on any atom is 0.269 e. The zero-order valence-corrected chi connectivity index (χ0v) is 14.4. The molecule has 5 nitrogen and oxygen atoms in total. The number of carbonyl (C=O) groups is 1. The van der Waals surface area contributed by atoms with Crippen molar-refractivity contribution in [2.75, 3.05) is 16.4 Å². The van der Waals surface area contributed by atoms with Crippen molar-refractivity contribution in [1.29, 1.82) is 0 Å². The van der Waals surface area contributed by atoms with Crippen LogP contribution in [0.4, 0.5) is 5.82 Å². The fourth-order valence-electron chi connectivity index (χ4n) is 2.91. The highest BCUT2D eigenvalue weighted by Gasteiger charge is 2.41. The van der Waals surface area contributed by atoms with Gasteiger partial charge in [0.15, 0.2) is 11.9 Å². The molecule has 4 rings (SSSR count). The molecule has 1 N–H and O–H groups in total. The lowest BCUT2D eigenvalue weighted by Crippen LogP contribution is -2.35. The number of aliphatic hydroxyl groups excluding tert-OH is 1. The Bertz CT molecular complexity index is 866. The first-order valence-electron chi connectivity index (χ1n) is 7.32. The van der Waals surface area contributed by atoms with E-state index in [-0.39, 0.29) is 5.91 Å². The molecule has 0 bridgehead atoms. The van der Waals surface area contributed by atoms with E-state index in [0.717, 1.165) is 33.1 Å². The highest BCUT2D eigenvalue weighted by atomic mass is 32.2. The van der Waals surface area contributed by atoms with Gasteiger partial charge in [-0.2, -0.15) is 0 Å². The predicted octanol–water partition coefficient (Wildman–Crippen LogP) is 2.60. The summed E-state index contributed by atoms with van der Waals surface area (Å²) in [4.78, 5) is 24.4. The standard InChI is InChI=1S/C16H15N3O2S2/c1-8-7-9(2)17-14-10(8)3-4-11(18-14)19-15(20)12-13(16(19)21)23-6-5-22-12/h3-4,7,15,20H,5-6H2,1-2H3. The lowest BCUT2D eigenvalue weighted by atomic mass is 10.1. The van der Waals surface area contributed by atoms with Crippen LogP contribution >= 0.6 is 23.5 Å². The summed E-state index contributed by atoms with van der Waals surface area (Å²) < 4.78 is 0. The minimum atomic E-state index is -0.939. The lowest BCUT2D eigenvalue weighted by molar-refractivity contribution is -0.115. The molecule has 2 aliphatic rings. The van der Waals surface area contributed by atoms with E-state index >= 15 is 0 Å². The molecule has 0 radical (unpaired) electrons. The van der Waals surface area contributed by atoms with Crippen LogP contribution in [0.2, 0.25) is 0 Å². The molecule has 4 heterocycles. The molecule has 2 aromatic heterocycles. The van der Waals surface area contributed by atoms with Crippen LogP contribution in [0.15, 0.2) is 28.0 Å². The zero-order valence-electron chi connectivity index (χ0n) is 12.7. The molecular formula is C16H15N3O2S2. The van der Waals surface area contributed by atoms with E-state index in [4.69, 9.17) is 0 Å². The number of pyridine rings is 2. The third kappa shape index (κ3) is 2.34. The minimum Gasteiger partial charge on any atom is -0.368 e. The normalized spacial score (nSPS) is 21.3. The number of anilines is 1. The Morgan fingerprint density at radius 1 is 1.22 bits per heavy atom. The molecule has 118 valence electrons. The van der Waals surface area contributed by atoms with Gasteiger partial charge in [0.1, 0.15) is 5.82 Å². The maximum atomic E-state index is 12.6. The van der Waals surface area contributed by atoms with E-state index in [0.29, 0.717) is 16.4 Å². The summed E-state index contributed by atoms with van der Waals surface area (Å²) >= 11 is 3.07. The summed E-state index contributed by atoms with van der Waals surface area (Å²) in [6.45, 7) is 3.94. The second-order valence-corrected chi connectivity index (χ2v) is 7.80. The van der Waals surface area contributed by atoms with Gasteiger partial charge >= 0.3 is 0 Å². The molecular weight excluding hydrogens is 330 g/mol. The van der Waals surface area contributed by atoms with E-state index in [1.54, 1.807) is 17.8 Å². The van der Waals surface area contributed by atoms with E-state index < -0.39 is 6.23 Å². The van der Waals surface area contributed by atoms with E-state index in [1.807, 2.05) is 26.0 Å². The SMILES string of the molecule is Cc1cc(C)c2ccc(N3C(=O)C4=C(SCCS4)C3O)nc2n1. The van der Waals surface area contributed by atoms with E-state index in [2.05, 4.69) is 9.97 Å². The topological polar surface area (TPSA) is 66.3 Å². The van der Waals surface area contributed by atoms with Crippen molar-refractivity contribution in [3.05, 3.63) is 39.3 Å². The summed E-state index contributed by atoms with van der Waals surface area (Å²) in [6, 6.07) is 5.70. The number of aryl methyl sites for hydroxylation is 2. The van der Waals surface area contributed by atoms with Crippen molar-refractivity contribution in [3.63, 3.8) is 0 Å². The number of hydrogen-bond acceptors (Lipinski definition) is 6. The number of nitrogens with zero attached hydrogens (tertiary/aromatic N) is 3. The molecule has 0 spiro atoms. The summed E-state index contributed by atoms with van der Waals surface area (Å²) in [6.07, 6.45) is -0.939. The largest absolute Gasteiger partial charge is 0.368 e. The molecule has 1 atom stereocenters. The van der Waals surface area contributed by atoms with E-state index in [9.17, 15) is 9.90 Å². The summed E-state index contributed by atoms with van der Waals surface area (Å²) in [7, 11) is 0. The molecule has 2 aromatic rings. The molecule has 1 unspecified atom stereocenters. The monoisotopic (exact) mass is 345 g/mol. The van der Waals surface area contributed by atoms with Gasteiger partial charge < -0.3 is 5.11 Å². The molecule has 1 amide bonds. The van der Waals surface area contributed by atoms with Gasteiger partial charge in [0.2, 0.25) is 0 Å². The number of amides is 1. The van der Waals surface area contributed by atoms with Crippen molar-refractivity contribution in [2.24, 2.45) is 0 Å². The zero-order chi connectivity index (χ0) is 16.1. The molecule has 2 aliphatic heterocycles. The quantitative estimate of drug-likeness (QED) is 0.857. The van der Waals surface area contributed by atoms with Crippen LogP contribution in [-0.4, -0.2) is 38.7 Å². The van der Waals surface area contributed by atoms with Crippen LogP contribution < -0.4 is 4.90 Å². The number of aromatic nitrogens is 2. The first-order valence-corrected chi connectivity index (χ1v) is 9.30. The van der Waals surface area contributed by atoms with E-state index in [1.165, 1.54) is 16.7 Å². The average Bonchev–Trinajstić information content (AvgIpc) is 2.78. The first kappa shape index (κ1) is 15.0. The number of rotatable bonds is 1. The van der Waals surface area contributed by atoms with Crippen LogP contribution in [0.25, 0.3) is 11.0 Å². The van der Waals surface area contributed by atoms with Crippen LogP contribution in [0, 0.1) is 13.8 Å². The summed E-state index contributed by atoms with van der Waals surface area (Å²) in [5.41, 5.74) is 2.59. The Morgan fingerprint density at radius 3 is 2.78 bits per heavy atom. The van der Waals surface area contributed by atoms with Gasteiger partial charge in [-0.15, -0.1) is 23.5 Å². The number of thioether (sulfide) groups is 2. The van der Waals surface area contributed by atoms with Crippen molar-refractivity contribution in [2.45, 2.75) is 20.1 Å². The molecule has 0 saturated carbocycles. The first-order chi connectivity index (χ1) is 11.1. The van der Waals surface area contributed by atoms with Gasteiger partial charge in [0.25, 0.3) is 5.91 Å². The third-order valence-corrected chi connectivity index (χ3v) is 6.56. The Labute approximate surface area is 142 Å². The van der Waals surface area contributed by atoms with Crippen LogP contribution in [0.3, 0.4) is 0 Å². The Morgan fingerprint density at radius 2 is 2.00 bits per heavy atom. The molecule has 23 heavy (non-hydrogen) atoms. The van der Waals surface area contributed by atoms with Gasteiger partial charge in [0.05, 0.1) is 9.81 Å². The van der Waals surface area contributed by atoms with Crippen molar-refractivity contribution in [1.82, 2.24) is 9.97 Å². The second-order valence-electron chi connectivity index (χ2n) is 5.56. The second kappa shape index (κ2) is 5.51. The summed E-state index contributed by atoms with van der Waals surface area (Å²) in [5, 5.41) is 11.5. The number of hydrogen-bond donors (Lipinski definition) is 1. The Balaban J connectivity index is 1.79. The highest BCUT2D eigenvalue weighted by molar-refractivity contribution is 8.10. The number of aliphatic hydroxyl groups is 1. The summed E-state index contributed by atoms with van der Waals surface area (Å²) in [5.74, 6) is 2.08. The molecule has 7 heteroatoms. The van der Waals surface area contributed by atoms with Gasteiger partial charge in [-0.3, -0.25) is 9.69 Å². The van der Waals surface area contributed by atoms with Gasteiger partial charge in [0, 0.05) is 22.6 Å². The lowest BCUT2D eigenvalue weighted by Gasteiger charge is -2.21. The fraction of sp³-hybridized carbons (Fsp3) is 0.312. The third-order valence-electron chi connectivity index (χ3n) is 3.94. The van der Waals surface area contributed by atoms with Gasteiger partial charge in [-0.1, -0.05) is 0 Å². The minimum absolute atomic E-state index is 0.166. The predicted molar refractivity (Wildman–Crippen MR) is 94.4 cm³/mol. The molecule has 0 aliphatic carbocycles. The van der Waals surface area contributed by atoms with Crippen molar-refractivity contribution < 1.29 is 9.90 Å². The van der Waals surface area contributed by atoms with Gasteiger partial charge in [-0.05, 0) is 37.6 Å². The van der Waals surface area contributed by atoms with Crippen molar-refractivity contribution in [3.8, 4) is 0 Å². The highest BCUT2D eigenvalue weighted by Crippen LogP contribution is 2.44. The number of fused-ring (bicyclic) bond motifs is 1. The maximum absolute atomic E-state index is 12.6. The molecule has 0 fully saturated rings. The van der Waals surface area contributed by atoms with Crippen LogP contribution in [0.5, 0.6) is 0 Å². The van der Waals surface area contributed by atoms with Crippen LogP contribution in [-0.2, 0) is 4.79 Å². The molecule has 0 aromatic carbocycles. The Kier molecular flexibility index (Phi) is 3.59. The molecule has 0 saturated heterocycles. The van der Waals surface area contributed by atoms with Crippen molar-refractivity contribution >= 4 is 46.3 Å². The average molecular weight is 345 g/mol. The Hall–Kier alpha value is -1.57.